The maximum Gasteiger partial charge on any atom is 0.241 e. The third-order valence-electron chi connectivity index (χ3n) is 3.34. The lowest BCUT2D eigenvalue weighted by Gasteiger charge is -2.14. The van der Waals surface area contributed by atoms with Crippen molar-refractivity contribution in [3.63, 3.8) is 0 Å². The second-order valence-electron chi connectivity index (χ2n) is 5.29. The topological polar surface area (TPSA) is 97.4 Å². The van der Waals surface area contributed by atoms with E-state index >= 15 is 0 Å². The Morgan fingerprint density at radius 1 is 1.20 bits per heavy atom. The van der Waals surface area contributed by atoms with Crippen molar-refractivity contribution < 1.29 is 17.9 Å². The quantitative estimate of drug-likeness (QED) is 0.740. The molecule has 8 heteroatoms. The van der Waals surface area contributed by atoms with Crippen LogP contribution in [0.2, 0.25) is 0 Å². The van der Waals surface area contributed by atoms with Crippen molar-refractivity contribution in [3.8, 4) is 5.75 Å². The molecule has 0 aliphatic carbocycles. The second kappa shape index (κ2) is 8.59. The number of hydrogen-bond donors (Lipinski definition) is 2. The first-order chi connectivity index (χ1) is 11.9. The maximum absolute atomic E-state index is 12.3. The molecule has 25 heavy (non-hydrogen) atoms. The van der Waals surface area contributed by atoms with Gasteiger partial charge in [0.1, 0.15) is 5.75 Å². The summed E-state index contributed by atoms with van der Waals surface area (Å²) in [6.07, 6.45) is 1.62. The highest BCUT2D eigenvalue weighted by molar-refractivity contribution is 7.89. The zero-order valence-electron chi connectivity index (χ0n) is 14.1. The number of amides is 1. The van der Waals surface area contributed by atoms with E-state index in [-0.39, 0.29) is 11.4 Å². The minimum atomic E-state index is -3.80. The Balaban J connectivity index is 1.95. The Hall–Kier alpha value is -2.45. The lowest BCUT2D eigenvalue weighted by molar-refractivity contribution is -0.122. The standard InChI is InChI=1S/C17H21N3O4S/c1-3-24-15-7-9-16(10-8-15)25(22,23)20-13(2)17(21)19-12-14-6-4-5-11-18-14/h4-11,13,20H,3,12H2,1-2H3,(H,19,21)/t13-/m1/s1. The molecule has 2 aromatic rings. The molecule has 1 aromatic heterocycles. The summed E-state index contributed by atoms with van der Waals surface area (Å²) in [7, 11) is -3.80. The van der Waals surface area contributed by atoms with Gasteiger partial charge in [0.2, 0.25) is 15.9 Å². The fourth-order valence-electron chi connectivity index (χ4n) is 2.07. The van der Waals surface area contributed by atoms with Crippen molar-refractivity contribution in [2.24, 2.45) is 0 Å². The lowest BCUT2D eigenvalue weighted by atomic mass is 10.3. The summed E-state index contributed by atoms with van der Waals surface area (Å²) < 4.78 is 32.3. The molecule has 0 radical (unpaired) electrons. The molecule has 0 saturated carbocycles. The van der Waals surface area contributed by atoms with Crippen LogP contribution in [0, 0.1) is 0 Å². The van der Waals surface area contributed by atoms with E-state index in [2.05, 4.69) is 15.0 Å². The lowest BCUT2D eigenvalue weighted by Crippen LogP contribution is -2.44. The molecule has 2 rings (SSSR count). The fourth-order valence-corrected chi connectivity index (χ4v) is 3.27. The minimum absolute atomic E-state index is 0.0697. The SMILES string of the molecule is CCOc1ccc(S(=O)(=O)N[C@H](C)C(=O)NCc2ccccn2)cc1. The van der Waals surface area contributed by atoms with Crippen LogP contribution in [-0.4, -0.2) is 32.0 Å². The number of sulfonamides is 1. The molecule has 0 spiro atoms. The van der Waals surface area contributed by atoms with E-state index in [0.717, 1.165) is 0 Å². The highest BCUT2D eigenvalue weighted by atomic mass is 32.2. The number of ether oxygens (including phenoxy) is 1. The monoisotopic (exact) mass is 363 g/mol. The molecule has 0 fully saturated rings. The smallest absolute Gasteiger partial charge is 0.241 e. The van der Waals surface area contributed by atoms with Crippen LogP contribution in [0.3, 0.4) is 0 Å². The van der Waals surface area contributed by atoms with Crippen LogP contribution >= 0.6 is 0 Å². The molecule has 1 amide bonds. The molecule has 1 heterocycles. The molecule has 134 valence electrons. The van der Waals surface area contributed by atoms with Crippen LogP contribution < -0.4 is 14.8 Å². The zero-order valence-corrected chi connectivity index (χ0v) is 14.9. The average molecular weight is 363 g/mol. The molecule has 7 nitrogen and oxygen atoms in total. The van der Waals surface area contributed by atoms with Crippen molar-refractivity contribution in [2.75, 3.05) is 6.61 Å². The Labute approximate surface area is 147 Å². The van der Waals surface area contributed by atoms with Gasteiger partial charge in [-0.1, -0.05) is 6.07 Å². The second-order valence-corrected chi connectivity index (χ2v) is 7.00. The molecule has 1 atom stereocenters. The van der Waals surface area contributed by atoms with Crippen LogP contribution in [0.5, 0.6) is 5.75 Å². The molecule has 0 unspecified atom stereocenters. The fraction of sp³-hybridized carbons (Fsp3) is 0.294. The van der Waals surface area contributed by atoms with E-state index in [4.69, 9.17) is 4.74 Å². The van der Waals surface area contributed by atoms with Gasteiger partial charge in [0.05, 0.1) is 29.8 Å². The van der Waals surface area contributed by atoms with Gasteiger partial charge in [0.15, 0.2) is 0 Å². The Kier molecular flexibility index (Phi) is 6.49. The number of hydrogen-bond acceptors (Lipinski definition) is 5. The number of rotatable bonds is 8. The molecule has 0 saturated heterocycles. The Morgan fingerprint density at radius 2 is 1.92 bits per heavy atom. The van der Waals surface area contributed by atoms with Gasteiger partial charge in [-0.2, -0.15) is 4.72 Å². The number of aromatic nitrogens is 1. The molecular weight excluding hydrogens is 342 g/mol. The molecular formula is C17H21N3O4S. The highest BCUT2D eigenvalue weighted by Gasteiger charge is 2.22. The van der Waals surface area contributed by atoms with E-state index in [1.807, 2.05) is 13.0 Å². The van der Waals surface area contributed by atoms with Crippen molar-refractivity contribution in [2.45, 2.75) is 31.3 Å². The van der Waals surface area contributed by atoms with Crippen molar-refractivity contribution in [1.29, 1.82) is 0 Å². The summed E-state index contributed by atoms with van der Waals surface area (Å²) in [6, 6.07) is 10.5. The molecule has 0 aliphatic rings. The number of carbonyl (C=O) groups excluding carboxylic acids is 1. The summed E-state index contributed by atoms with van der Waals surface area (Å²) >= 11 is 0. The van der Waals surface area contributed by atoms with Crippen LogP contribution in [-0.2, 0) is 21.4 Å². The van der Waals surface area contributed by atoms with Crippen LogP contribution in [0.1, 0.15) is 19.5 Å². The van der Waals surface area contributed by atoms with Crippen molar-refractivity contribution >= 4 is 15.9 Å². The van der Waals surface area contributed by atoms with Gasteiger partial charge in [-0.3, -0.25) is 9.78 Å². The van der Waals surface area contributed by atoms with Crippen LogP contribution in [0.4, 0.5) is 0 Å². The number of nitrogens with zero attached hydrogens (tertiary/aromatic N) is 1. The van der Waals surface area contributed by atoms with Gasteiger partial charge >= 0.3 is 0 Å². The predicted molar refractivity (Wildman–Crippen MR) is 93.5 cm³/mol. The number of carbonyl (C=O) groups is 1. The highest BCUT2D eigenvalue weighted by Crippen LogP contribution is 2.16. The largest absolute Gasteiger partial charge is 0.494 e. The first-order valence-electron chi connectivity index (χ1n) is 7.85. The van der Waals surface area contributed by atoms with Crippen molar-refractivity contribution in [3.05, 3.63) is 54.4 Å². The van der Waals surface area contributed by atoms with E-state index < -0.39 is 22.0 Å². The molecule has 2 N–H and O–H groups in total. The Bertz CT molecular complexity index is 792. The van der Waals surface area contributed by atoms with Gasteiger partial charge in [-0.05, 0) is 50.2 Å². The van der Waals surface area contributed by atoms with E-state index in [0.29, 0.717) is 18.1 Å². The van der Waals surface area contributed by atoms with Gasteiger partial charge < -0.3 is 10.1 Å². The number of pyridine rings is 1. The molecule has 1 aromatic carbocycles. The van der Waals surface area contributed by atoms with Crippen LogP contribution in [0.15, 0.2) is 53.6 Å². The minimum Gasteiger partial charge on any atom is -0.494 e. The van der Waals surface area contributed by atoms with E-state index in [9.17, 15) is 13.2 Å². The van der Waals surface area contributed by atoms with Crippen LogP contribution in [0.25, 0.3) is 0 Å². The summed E-state index contributed by atoms with van der Waals surface area (Å²) in [5, 5.41) is 2.65. The van der Waals surface area contributed by atoms with Gasteiger partial charge in [0.25, 0.3) is 0 Å². The Morgan fingerprint density at radius 3 is 2.52 bits per heavy atom. The van der Waals surface area contributed by atoms with E-state index in [1.54, 1.807) is 30.5 Å². The zero-order chi connectivity index (χ0) is 18.3. The summed E-state index contributed by atoms with van der Waals surface area (Å²) in [5.74, 6) is 0.155. The predicted octanol–water partition coefficient (Wildman–Crippen LogP) is 1.46. The summed E-state index contributed by atoms with van der Waals surface area (Å²) in [5.41, 5.74) is 0.692. The van der Waals surface area contributed by atoms with Crippen molar-refractivity contribution in [1.82, 2.24) is 15.0 Å². The first-order valence-corrected chi connectivity index (χ1v) is 9.33. The van der Waals surface area contributed by atoms with E-state index in [1.165, 1.54) is 19.1 Å². The first kappa shape index (κ1) is 18.9. The third-order valence-corrected chi connectivity index (χ3v) is 4.90. The van der Waals surface area contributed by atoms with Gasteiger partial charge in [0, 0.05) is 6.20 Å². The normalized spacial score (nSPS) is 12.4. The maximum atomic E-state index is 12.3. The molecule has 0 aliphatic heterocycles. The third kappa shape index (κ3) is 5.54. The van der Waals surface area contributed by atoms with Gasteiger partial charge in [-0.25, -0.2) is 8.42 Å². The average Bonchev–Trinajstić information content (AvgIpc) is 2.61. The number of benzene rings is 1. The van der Waals surface area contributed by atoms with Gasteiger partial charge in [-0.15, -0.1) is 0 Å². The molecule has 0 bridgehead atoms. The summed E-state index contributed by atoms with van der Waals surface area (Å²) in [6.45, 7) is 4.06. The summed E-state index contributed by atoms with van der Waals surface area (Å²) in [4.78, 5) is 16.2. The number of nitrogens with one attached hydrogen (secondary N) is 2.